The average molecular weight is 450 g/mol. The van der Waals surface area contributed by atoms with E-state index < -0.39 is 0 Å². The smallest absolute Gasteiger partial charge is 0.224 e. The Labute approximate surface area is 194 Å². The summed E-state index contributed by atoms with van der Waals surface area (Å²) >= 11 is 0. The van der Waals surface area contributed by atoms with Crippen LogP contribution in [0.15, 0.2) is 48.5 Å². The van der Waals surface area contributed by atoms with Gasteiger partial charge in [0.05, 0.1) is 26.3 Å². The number of benzene rings is 2. The van der Waals surface area contributed by atoms with Crippen molar-refractivity contribution in [3.63, 3.8) is 0 Å². The molecule has 1 aromatic heterocycles. The molecule has 1 amide bonds. The van der Waals surface area contributed by atoms with Crippen LogP contribution in [0.3, 0.4) is 0 Å². The fourth-order valence-corrected chi connectivity index (χ4v) is 4.42. The van der Waals surface area contributed by atoms with Crippen molar-refractivity contribution in [1.82, 2.24) is 15.5 Å². The highest BCUT2D eigenvalue weighted by Gasteiger charge is 2.35. The molecule has 0 saturated carbocycles. The van der Waals surface area contributed by atoms with Crippen LogP contribution >= 0.6 is 0 Å². The lowest BCUT2D eigenvalue weighted by molar-refractivity contribution is -0.121. The molecule has 1 aliphatic rings. The molecule has 4 rings (SSSR count). The number of rotatable bonds is 8. The zero-order chi connectivity index (χ0) is 23.3. The summed E-state index contributed by atoms with van der Waals surface area (Å²) in [7, 11) is 3.30. The molecule has 2 aromatic carbocycles. The number of aromatic nitrogens is 2. The third-order valence-electron chi connectivity index (χ3n) is 6.55. The van der Waals surface area contributed by atoms with Crippen molar-refractivity contribution >= 4 is 5.91 Å². The van der Waals surface area contributed by atoms with Gasteiger partial charge in [0.15, 0.2) is 0 Å². The zero-order valence-electron chi connectivity index (χ0n) is 19.4. The minimum absolute atomic E-state index is 0.0198. The third kappa shape index (κ3) is 5.03. The molecule has 7 nitrogen and oxygen atoms in total. The van der Waals surface area contributed by atoms with Crippen LogP contribution in [0, 0.1) is 6.92 Å². The maximum absolute atomic E-state index is 13.0. The van der Waals surface area contributed by atoms with Crippen molar-refractivity contribution in [3.8, 4) is 22.8 Å². The molecule has 1 saturated heterocycles. The van der Waals surface area contributed by atoms with E-state index in [4.69, 9.17) is 14.2 Å². The molecular formula is C26H31N3O4. The molecule has 3 aromatic rings. The van der Waals surface area contributed by atoms with Crippen molar-refractivity contribution in [2.24, 2.45) is 0 Å². The van der Waals surface area contributed by atoms with Crippen molar-refractivity contribution in [1.29, 1.82) is 0 Å². The highest BCUT2D eigenvalue weighted by molar-refractivity contribution is 5.81. The Morgan fingerprint density at radius 1 is 1.03 bits per heavy atom. The van der Waals surface area contributed by atoms with E-state index in [9.17, 15) is 4.79 Å². The van der Waals surface area contributed by atoms with Gasteiger partial charge in [0.1, 0.15) is 11.5 Å². The molecule has 0 bridgehead atoms. The summed E-state index contributed by atoms with van der Waals surface area (Å²) in [6.07, 6.45) is 1.99. The normalized spacial score (nSPS) is 15.1. The second-order valence-electron chi connectivity index (χ2n) is 8.48. The van der Waals surface area contributed by atoms with Gasteiger partial charge in [0.2, 0.25) is 5.91 Å². The highest BCUT2D eigenvalue weighted by atomic mass is 16.5. The summed E-state index contributed by atoms with van der Waals surface area (Å²) in [5.74, 6) is 1.59. The van der Waals surface area contributed by atoms with Crippen LogP contribution in [0.5, 0.6) is 11.5 Å². The second-order valence-corrected chi connectivity index (χ2v) is 8.48. The van der Waals surface area contributed by atoms with Crippen molar-refractivity contribution in [2.45, 2.75) is 31.6 Å². The van der Waals surface area contributed by atoms with E-state index in [2.05, 4.69) is 27.6 Å². The number of aromatic amines is 1. The number of carbonyl (C=O) groups excluding carboxylic acids is 1. The fraction of sp³-hybridized carbons (Fsp3) is 0.385. The molecule has 0 aliphatic carbocycles. The van der Waals surface area contributed by atoms with Gasteiger partial charge in [-0.3, -0.25) is 9.89 Å². The van der Waals surface area contributed by atoms with Crippen LogP contribution in [0.1, 0.15) is 29.7 Å². The minimum Gasteiger partial charge on any atom is -0.497 e. The Morgan fingerprint density at radius 3 is 2.24 bits per heavy atom. The Bertz CT molecular complexity index is 1070. The molecule has 7 heteroatoms. The van der Waals surface area contributed by atoms with Crippen LogP contribution < -0.4 is 14.8 Å². The molecule has 0 spiro atoms. The highest BCUT2D eigenvalue weighted by Crippen LogP contribution is 2.35. The molecular weight excluding hydrogens is 418 g/mol. The number of ether oxygens (including phenoxy) is 3. The Hall–Kier alpha value is -3.32. The summed E-state index contributed by atoms with van der Waals surface area (Å²) in [6, 6.07) is 15.8. The van der Waals surface area contributed by atoms with Crippen LogP contribution in [-0.4, -0.2) is 50.1 Å². The van der Waals surface area contributed by atoms with Gasteiger partial charge in [0, 0.05) is 42.0 Å². The number of methoxy groups -OCH3 is 2. The number of nitrogens with zero attached hydrogens (tertiary/aromatic N) is 1. The third-order valence-corrected chi connectivity index (χ3v) is 6.55. The van der Waals surface area contributed by atoms with E-state index >= 15 is 0 Å². The van der Waals surface area contributed by atoms with Gasteiger partial charge in [-0.15, -0.1) is 0 Å². The monoisotopic (exact) mass is 449 g/mol. The summed E-state index contributed by atoms with van der Waals surface area (Å²) in [6.45, 7) is 3.88. The molecule has 2 N–H and O–H groups in total. The molecule has 2 heterocycles. The number of amides is 1. The maximum atomic E-state index is 13.0. The maximum Gasteiger partial charge on any atom is 0.224 e. The standard InChI is InChI=1S/C26H31N3O4/c1-18-23(25(29-28-18)19-4-8-21(31-2)9-5-19)16-24(30)27-17-26(12-14-33-15-13-26)20-6-10-22(32-3)11-7-20/h4-11H,12-17H2,1-3H3,(H,27,30)(H,28,29). The molecule has 0 unspecified atom stereocenters. The SMILES string of the molecule is COc1ccc(-c2n[nH]c(C)c2CC(=O)NCC2(c3ccc(OC)cc3)CCOCC2)cc1. The van der Waals surface area contributed by atoms with E-state index in [0.29, 0.717) is 19.8 Å². The minimum atomic E-state index is -0.148. The first kappa shape index (κ1) is 22.9. The van der Waals surface area contributed by atoms with Gasteiger partial charge < -0.3 is 19.5 Å². The second kappa shape index (κ2) is 10.1. The van der Waals surface area contributed by atoms with Crippen molar-refractivity contribution in [3.05, 3.63) is 65.4 Å². The number of hydrogen-bond acceptors (Lipinski definition) is 5. The Kier molecular flexibility index (Phi) is 6.99. The lowest BCUT2D eigenvalue weighted by atomic mass is 9.74. The van der Waals surface area contributed by atoms with E-state index in [0.717, 1.165) is 46.9 Å². The topological polar surface area (TPSA) is 85.5 Å². The molecule has 174 valence electrons. The van der Waals surface area contributed by atoms with Gasteiger partial charge in [-0.1, -0.05) is 12.1 Å². The van der Waals surface area contributed by atoms with Gasteiger partial charge in [-0.05, 0) is 61.7 Å². The fourth-order valence-electron chi connectivity index (χ4n) is 4.42. The van der Waals surface area contributed by atoms with Crippen LogP contribution in [-0.2, 0) is 21.4 Å². The Balaban J connectivity index is 1.48. The largest absolute Gasteiger partial charge is 0.497 e. The average Bonchev–Trinajstić information content (AvgIpc) is 3.23. The molecule has 0 radical (unpaired) electrons. The summed E-state index contributed by atoms with van der Waals surface area (Å²) < 4.78 is 16.2. The first-order chi connectivity index (χ1) is 16.0. The lowest BCUT2D eigenvalue weighted by Gasteiger charge is -2.38. The zero-order valence-corrected chi connectivity index (χ0v) is 19.4. The van der Waals surface area contributed by atoms with Crippen molar-refractivity contribution in [2.75, 3.05) is 34.0 Å². The number of carbonyl (C=O) groups is 1. The van der Waals surface area contributed by atoms with Crippen LogP contribution in [0.4, 0.5) is 0 Å². The molecule has 1 aliphatic heterocycles. The first-order valence-corrected chi connectivity index (χ1v) is 11.2. The number of H-pyrrole nitrogens is 1. The predicted molar refractivity (Wildman–Crippen MR) is 127 cm³/mol. The van der Waals surface area contributed by atoms with Crippen LogP contribution in [0.25, 0.3) is 11.3 Å². The molecule has 0 atom stereocenters. The van der Waals surface area contributed by atoms with Gasteiger partial charge in [0.25, 0.3) is 0 Å². The molecule has 1 fully saturated rings. The quantitative estimate of drug-likeness (QED) is 0.546. The van der Waals surface area contributed by atoms with E-state index in [1.54, 1.807) is 14.2 Å². The van der Waals surface area contributed by atoms with Gasteiger partial charge in [-0.25, -0.2) is 0 Å². The van der Waals surface area contributed by atoms with E-state index in [1.807, 2.05) is 43.3 Å². The van der Waals surface area contributed by atoms with E-state index in [1.165, 1.54) is 5.56 Å². The first-order valence-electron chi connectivity index (χ1n) is 11.2. The summed E-state index contributed by atoms with van der Waals surface area (Å²) in [4.78, 5) is 13.0. The number of aryl methyl sites for hydroxylation is 1. The van der Waals surface area contributed by atoms with Gasteiger partial charge in [-0.2, -0.15) is 5.10 Å². The number of hydrogen-bond donors (Lipinski definition) is 2. The van der Waals surface area contributed by atoms with Crippen molar-refractivity contribution < 1.29 is 19.0 Å². The molecule has 33 heavy (non-hydrogen) atoms. The number of nitrogens with one attached hydrogen (secondary N) is 2. The predicted octanol–water partition coefficient (Wildman–Crippen LogP) is 3.81. The summed E-state index contributed by atoms with van der Waals surface area (Å²) in [5.41, 5.74) is 4.59. The van der Waals surface area contributed by atoms with Gasteiger partial charge >= 0.3 is 0 Å². The van der Waals surface area contributed by atoms with Crippen LogP contribution in [0.2, 0.25) is 0 Å². The summed E-state index contributed by atoms with van der Waals surface area (Å²) in [5, 5.41) is 10.7. The Morgan fingerprint density at radius 2 is 1.64 bits per heavy atom. The lowest BCUT2D eigenvalue weighted by Crippen LogP contribution is -2.45. The van der Waals surface area contributed by atoms with E-state index in [-0.39, 0.29) is 17.7 Å².